The summed E-state index contributed by atoms with van der Waals surface area (Å²) < 4.78 is 11.2. The fourth-order valence-corrected chi connectivity index (χ4v) is 4.38. The predicted molar refractivity (Wildman–Crippen MR) is 121 cm³/mol. The molecule has 0 saturated carbocycles. The second-order valence-corrected chi connectivity index (χ2v) is 8.31. The number of benzene rings is 1. The molecule has 1 aliphatic rings. The number of Topliss-reactive ketones (excluding diaryl/α,β-unsaturated/α-hetero) is 1. The second-order valence-electron chi connectivity index (χ2n) is 7.34. The molecule has 166 valence electrons. The summed E-state index contributed by atoms with van der Waals surface area (Å²) in [5, 5.41) is 13.1. The van der Waals surface area contributed by atoms with E-state index < -0.39 is 17.7 Å². The first kappa shape index (κ1) is 22.8. The van der Waals surface area contributed by atoms with Crippen molar-refractivity contribution in [3.63, 3.8) is 0 Å². The third-order valence-electron chi connectivity index (χ3n) is 4.96. The molecule has 1 aromatic heterocycles. The van der Waals surface area contributed by atoms with Gasteiger partial charge in [-0.05, 0) is 51.5 Å². The summed E-state index contributed by atoms with van der Waals surface area (Å²) in [5.74, 6) is -0.536. The maximum Gasteiger partial charge on any atom is 0.295 e. The van der Waals surface area contributed by atoms with Crippen LogP contribution in [0.3, 0.4) is 0 Å². The monoisotopic (exact) mass is 444 g/mol. The third-order valence-corrected chi connectivity index (χ3v) is 5.88. The van der Waals surface area contributed by atoms with Crippen LogP contribution in [0.1, 0.15) is 30.3 Å². The van der Waals surface area contributed by atoms with Gasteiger partial charge in [-0.15, -0.1) is 11.3 Å². The van der Waals surface area contributed by atoms with Crippen LogP contribution in [0.4, 0.5) is 0 Å². The van der Waals surface area contributed by atoms with E-state index in [1.165, 1.54) is 16.2 Å². The van der Waals surface area contributed by atoms with E-state index >= 15 is 0 Å². The van der Waals surface area contributed by atoms with Crippen molar-refractivity contribution in [3.05, 3.63) is 51.7 Å². The Bertz CT molecular complexity index is 968. The normalized spacial score (nSPS) is 18.1. The number of hydrogen-bond donors (Lipinski definition) is 1. The summed E-state index contributed by atoms with van der Waals surface area (Å²) in [5.41, 5.74) is 0.439. The molecule has 31 heavy (non-hydrogen) atoms. The van der Waals surface area contributed by atoms with Gasteiger partial charge in [0.2, 0.25) is 0 Å². The van der Waals surface area contributed by atoms with Crippen molar-refractivity contribution in [1.29, 1.82) is 0 Å². The summed E-state index contributed by atoms with van der Waals surface area (Å²) in [6, 6.07) is 8.16. The zero-order valence-corrected chi connectivity index (χ0v) is 19.1. The molecule has 1 unspecified atom stereocenters. The predicted octanol–water partition coefficient (Wildman–Crippen LogP) is 3.53. The quantitative estimate of drug-likeness (QED) is 0.362. The Hall–Kier alpha value is -2.84. The Balaban J connectivity index is 2.13. The zero-order chi connectivity index (χ0) is 22.5. The van der Waals surface area contributed by atoms with Crippen molar-refractivity contribution in [2.75, 3.05) is 40.4 Å². The van der Waals surface area contributed by atoms with E-state index in [0.29, 0.717) is 43.4 Å². The number of carbonyl (C=O) groups excluding carboxylic acids is 2. The minimum atomic E-state index is -0.689. The highest BCUT2D eigenvalue weighted by Crippen LogP contribution is 2.42. The van der Waals surface area contributed by atoms with Gasteiger partial charge < -0.3 is 24.4 Å². The molecule has 0 spiro atoms. The largest absolute Gasteiger partial charge is 0.507 e. The minimum Gasteiger partial charge on any atom is -0.507 e. The van der Waals surface area contributed by atoms with Gasteiger partial charge in [0.15, 0.2) is 0 Å². The number of thiophene rings is 1. The van der Waals surface area contributed by atoms with E-state index in [-0.39, 0.29) is 11.3 Å². The Labute approximate surface area is 186 Å². The first-order chi connectivity index (χ1) is 14.9. The molecule has 1 fully saturated rings. The van der Waals surface area contributed by atoms with Gasteiger partial charge in [0.05, 0.1) is 30.4 Å². The number of hydrogen-bond acceptors (Lipinski definition) is 7. The lowest BCUT2D eigenvalue weighted by Gasteiger charge is -2.25. The van der Waals surface area contributed by atoms with E-state index in [4.69, 9.17) is 9.47 Å². The molecule has 1 N–H and O–H groups in total. The smallest absolute Gasteiger partial charge is 0.295 e. The number of likely N-dealkylation sites (tertiary alicyclic amines) is 1. The molecule has 7 nitrogen and oxygen atoms in total. The van der Waals surface area contributed by atoms with Crippen LogP contribution >= 0.6 is 11.3 Å². The van der Waals surface area contributed by atoms with Gasteiger partial charge in [0, 0.05) is 24.0 Å². The minimum absolute atomic E-state index is 0.0799. The molecule has 0 aliphatic carbocycles. The van der Waals surface area contributed by atoms with Crippen LogP contribution in [-0.2, 0) is 9.59 Å². The van der Waals surface area contributed by atoms with E-state index in [0.717, 1.165) is 4.88 Å². The summed E-state index contributed by atoms with van der Waals surface area (Å²) in [7, 11) is 3.82. The average molecular weight is 445 g/mol. The number of likely N-dealkylation sites (N-methyl/N-ethyl adjacent to an activating group) is 1. The summed E-state index contributed by atoms with van der Waals surface area (Å²) in [4.78, 5) is 30.2. The van der Waals surface area contributed by atoms with E-state index in [1.54, 1.807) is 18.2 Å². The van der Waals surface area contributed by atoms with Gasteiger partial charge in [0.25, 0.3) is 11.7 Å². The first-order valence-electron chi connectivity index (χ1n) is 10.3. The van der Waals surface area contributed by atoms with Crippen molar-refractivity contribution < 1.29 is 24.2 Å². The summed E-state index contributed by atoms with van der Waals surface area (Å²) in [6.45, 7) is 5.56. The van der Waals surface area contributed by atoms with Gasteiger partial charge in [-0.1, -0.05) is 6.07 Å². The number of ether oxygens (including phenoxy) is 2. The maximum atomic E-state index is 13.0. The lowest BCUT2D eigenvalue weighted by Crippen LogP contribution is -2.35. The van der Waals surface area contributed by atoms with Gasteiger partial charge in [0.1, 0.15) is 17.3 Å². The van der Waals surface area contributed by atoms with Gasteiger partial charge in [-0.25, -0.2) is 0 Å². The van der Waals surface area contributed by atoms with Crippen LogP contribution in [0, 0.1) is 0 Å². The highest BCUT2D eigenvalue weighted by molar-refractivity contribution is 7.10. The van der Waals surface area contributed by atoms with Gasteiger partial charge >= 0.3 is 0 Å². The number of ketones is 1. The summed E-state index contributed by atoms with van der Waals surface area (Å²) >= 11 is 1.45. The average Bonchev–Trinajstić information content (AvgIpc) is 3.34. The summed E-state index contributed by atoms with van der Waals surface area (Å²) in [6.07, 6.45) is 0. The number of nitrogens with zero attached hydrogens (tertiary/aromatic N) is 2. The van der Waals surface area contributed by atoms with Crippen LogP contribution in [0.15, 0.2) is 41.3 Å². The SMILES string of the molecule is CCOc1ccc(/C(O)=C2/C(=O)C(=O)N(CCN(C)C)C2c2cccs2)c(OCC)c1. The Morgan fingerprint density at radius 2 is 1.90 bits per heavy atom. The fourth-order valence-electron chi connectivity index (χ4n) is 3.54. The van der Waals surface area contributed by atoms with E-state index in [1.807, 2.05) is 50.4 Å². The number of amides is 1. The molecule has 1 aliphatic heterocycles. The van der Waals surface area contributed by atoms with Crippen molar-refractivity contribution >= 4 is 28.8 Å². The van der Waals surface area contributed by atoms with Crippen LogP contribution in [0.5, 0.6) is 11.5 Å². The highest BCUT2D eigenvalue weighted by atomic mass is 32.1. The molecular formula is C23H28N2O5S. The molecule has 1 saturated heterocycles. The van der Waals surface area contributed by atoms with E-state index in [2.05, 4.69) is 0 Å². The number of aliphatic hydroxyl groups is 1. The van der Waals surface area contributed by atoms with Crippen LogP contribution in [0.25, 0.3) is 5.76 Å². The van der Waals surface area contributed by atoms with Crippen molar-refractivity contribution in [1.82, 2.24) is 9.80 Å². The molecule has 1 amide bonds. The molecule has 3 rings (SSSR count). The highest BCUT2D eigenvalue weighted by Gasteiger charge is 2.46. The fraction of sp³-hybridized carbons (Fsp3) is 0.391. The Kier molecular flexibility index (Phi) is 7.35. The van der Waals surface area contributed by atoms with Crippen molar-refractivity contribution in [3.8, 4) is 11.5 Å². The number of carbonyl (C=O) groups is 2. The van der Waals surface area contributed by atoms with Gasteiger partial charge in [-0.3, -0.25) is 9.59 Å². The van der Waals surface area contributed by atoms with Gasteiger partial charge in [-0.2, -0.15) is 0 Å². The zero-order valence-electron chi connectivity index (χ0n) is 18.3. The molecule has 0 radical (unpaired) electrons. The van der Waals surface area contributed by atoms with Crippen LogP contribution in [0.2, 0.25) is 0 Å². The van der Waals surface area contributed by atoms with Crippen molar-refractivity contribution in [2.24, 2.45) is 0 Å². The lowest BCUT2D eigenvalue weighted by molar-refractivity contribution is -0.140. The Morgan fingerprint density at radius 1 is 1.16 bits per heavy atom. The van der Waals surface area contributed by atoms with Crippen molar-refractivity contribution in [2.45, 2.75) is 19.9 Å². The number of rotatable bonds is 9. The molecule has 2 heterocycles. The third kappa shape index (κ3) is 4.75. The lowest BCUT2D eigenvalue weighted by atomic mass is 9.99. The molecule has 1 atom stereocenters. The maximum absolute atomic E-state index is 13.0. The first-order valence-corrected chi connectivity index (χ1v) is 11.1. The van der Waals surface area contributed by atoms with E-state index in [9.17, 15) is 14.7 Å². The molecular weight excluding hydrogens is 416 g/mol. The Morgan fingerprint density at radius 3 is 2.52 bits per heavy atom. The molecule has 8 heteroatoms. The molecule has 2 aromatic rings. The molecule has 0 bridgehead atoms. The van der Waals surface area contributed by atoms with Crippen LogP contribution < -0.4 is 9.47 Å². The topological polar surface area (TPSA) is 79.3 Å². The molecule has 1 aromatic carbocycles. The second kappa shape index (κ2) is 9.98. The standard InChI is InChI=1S/C23H28N2O5S/c1-5-29-15-9-10-16(17(14-15)30-6-2)21(26)19-20(18-8-7-13-31-18)25(12-11-24(3)4)23(28)22(19)27/h7-10,13-14,20,26H,5-6,11-12H2,1-4H3/b21-19-. The number of aliphatic hydroxyl groups excluding tert-OH is 1. The van der Waals surface area contributed by atoms with Crippen LogP contribution in [-0.4, -0.2) is 67.0 Å².